The van der Waals surface area contributed by atoms with Gasteiger partial charge in [-0.3, -0.25) is 0 Å². The molecule has 0 saturated heterocycles. The lowest BCUT2D eigenvalue weighted by atomic mass is 9.87. The van der Waals surface area contributed by atoms with Crippen LogP contribution in [0.2, 0.25) is 0 Å². The van der Waals surface area contributed by atoms with Crippen LogP contribution in [0, 0.1) is 5.92 Å². The third-order valence-electron chi connectivity index (χ3n) is 6.24. The van der Waals surface area contributed by atoms with Crippen molar-refractivity contribution < 1.29 is 0 Å². The minimum absolute atomic E-state index is 0.0381. The molecule has 30 heavy (non-hydrogen) atoms. The molecule has 3 nitrogen and oxygen atoms in total. The van der Waals surface area contributed by atoms with E-state index < -0.39 is 0 Å². The smallest absolute Gasteiger partial charge is 0.115 e. The van der Waals surface area contributed by atoms with Gasteiger partial charge in [0.2, 0.25) is 0 Å². The Bertz CT molecular complexity index is 965. The fraction of sp³-hybridized carbons (Fsp3) is 0.500. The lowest BCUT2D eigenvalue weighted by Gasteiger charge is -2.24. The van der Waals surface area contributed by atoms with Crippen LogP contribution in [0.3, 0.4) is 0 Å². The van der Waals surface area contributed by atoms with Crippen LogP contribution in [0.1, 0.15) is 65.1 Å². The molecule has 0 atom stereocenters. The number of hydrogen-bond donors (Lipinski definition) is 0. The van der Waals surface area contributed by atoms with E-state index in [9.17, 15) is 0 Å². The molecule has 0 unspecified atom stereocenters. The zero-order valence-electron chi connectivity index (χ0n) is 18.9. The number of benzene rings is 2. The van der Waals surface area contributed by atoms with E-state index in [1.807, 2.05) is 0 Å². The van der Waals surface area contributed by atoms with Crippen molar-refractivity contribution in [2.75, 3.05) is 11.4 Å². The summed E-state index contributed by atoms with van der Waals surface area (Å²) in [5.41, 5.74) is 3.61. The number of anilines is 1. The van der Waals surface area contributed by atoms with Crippen molar-refractivity contribution in [1.29, 1.82) is 0 Å². The van der Waals surface area contributed by atoms with E-state index in [2.05, 4.69) is 85.2 Å². The van der Waals surface area contributed by atoms with Crippen molar-refractivity contribution >= 4 is 28.7 Å². The Morgan fingerprint density at radius 2 is 1.77 bits per heavy atom. The molecule has 1 aromatic heterocycles. The van der Waals surface area contributed by atoms with Gasteiger partial charge in [0.15, 0.2) is 0 Å². The van der Waals surface area contributed by atoms with Gasteiger partial charge in [-0.1, -0.05) is 71.1 Å². The molecule has 0 bridgehead atoms. The molecule has 1 heterocycles. The average Bonchev–Trinajstić information content (AvgIpc) is 3.12. The first-order valence-corrected chi connectivity index (χ1v) is 12.2. The molecule has 4 rings (SSSR count). The average molecular weight is 422 g/mol. The molecule has 1 saturated carbocycles. The summed E-state index contributed by atoms with van der Waals surface area (Å²) < 4.78 is 4.73. The molecule has 4 heteroatoms. The van der Waals surface area contributed by atoms with Crippen molar-refractivity contribution in [3.8, 4) is 0 Å². The molecular formula is C26H35N3S. The van der Waals surface area contributed by atoms with Gasteiger partial charge in [-0.2, -0.15) is 0 Å². The highest BCUT2D eigenvalue weighted by atomic mass is 32.2. The first kappa shape index (κ1) is 21.3. The molecular weight excluding hydrogens is 386 g/mol. The number of fused-ring (bicyclic) bond motifs is 1. The van der Waals surface area contributed by atoms with Crippen molar-refractivity contribution in [2.45, 2.75) is 76.2 Å². The fourth-order valence-electron chi connectivity index (χ4n) is 4.59. The Morgan fingerprint density at radius 1 is 1.03 bits per heavy atom. The molecule has 0 spiro atoms. The normalized spacial score (nSPS) is 15.6. The van der Waals surface area contributed by atoms with Gasteiger partial charge in [0, 0.05) is 29.6 Å². The number of aryl methyl sites for hydroxylation is 1. The zero-order chi connectivity index (χ0) is 21.1. The van der Waals surface area contributed by atoms with Gasteiger partial charge < -0.3 is 8.87 Å². The molecule has 160 valence electrons. The predicted molar refractivity (Wildman–Crippen MR) is 130 cm³/mol. The van der Waals surface area contributed by atoms with Crippen molar-refractivity contribution in [1.82, 2.24) is 9.55 Å². The monoisotopic (exact) mass is 421 g/mol. The van der Waals surface area contributed by atoms with E-state index in [0.29, 0.717) is 0 Å². The Balaban J connectivity index is 1.60. The molecule has 0 N–H and O–H groups in total. The standard InChI is InChI=1S/C26H35N3S/c1-26(2,3)25-27-23-19-21(28(4)30-22-13-9-6-10-14-22)15-16-24(23)29(25)18-17-20-11-7-5-8-12-20/h6,9-10,13-16,19-20H,5,7-8,11-12,17-18H2,1-4H3. The van der Waals surface area contributed by atoms with Crippen LogP contribution in [0.4, 0.5) is 5.69 Å². The minimum atomic E-state index is 0.0381. The van der Waals surface area contributed by atoms with Crippen LogP contribution in [0.15, 0.2) is 53.4 Å². The maximum absolute atomic E-state index is 5.12. The first-order valence-electron chi connectivity index (χ1n) is 11.4. The van der Waals surface area contributed by atoms with E-state index in [-0.39, 0.29) is 5.41 Å². The van der Waals surface area contributed by atoms with E-state index >= 15 is 0 Å². The quantitative estimate of drug-likeness (QED) is 0.386. The Hall–Kier alpha value is -1.94. The second kappa shape index (κ2) is 9.05. The van der Waals surface area contributed by atoms with Crippen molar-refractivity contribution in [2.24, 2.45) is 5.92 Å². The first-order chi connectivity index (χ1) is 14.4. The SMILES string of the molecule is CN(Sc1ccccc1)c1ccc2c(c1)nc(C(C)(C)C)n2CCC1CCCCC1. The van der Waals surface area contributed by atoms with Gasteiger partial charge in [-0.15, -0.1) is 0 Å². The summed E-state index contributed by atoms with van der Waals surface area (Å²) in [6.07, 6.45) is 8.34. The minimum Gasteiger partial charge on any atom is -0.328 e. The third-order valence-corrected chi connectivity index (χ3v) is 7.21. The van der Waals surface area contributed by atoms with Crippen LogP contribution in [-0.4, -0.2) is 16.6 Å². The summed E-state index contributed by atoms with van der Waals surface area (Å²) in [5.74, 6) is 2.10. The van der Waals surface area contributed by atoms with E-state index in [4.69, 9.17) is 4.98 Å². The van der Waals surface area contributed by atoms with Gasteiger partial charge in [-0.05, 0) is 54.6 Å². The highest BCUT2D eigenvalue weighted by Crippen LogP contribution is 2.33. The summed E-state index contributed by atoms with van der Waals surface area (Å²) in [6.45, 7) is 7.93. The number of rotatable bonds is 6. The molecule has 1 aliphatic rings. The van der Waals surface area contributed by atoms with E-state index in [0.717, 1.165) is 18.0 Å². The summed E-state index contributed by atoms with van der Waals surface area (Å²) in [4.78, 5) is 6.37. The Labute approximate surface area is 186 Å². The molecule has 2 aromatic carbocycles. The van der Waals surface area contributed by atoms with Gasteiger partial charge in [0.05, 0.1) is 11.0 Å². The van der Waals surface area contributed by atoms with Gasteiger partial charge >= 0.3 is 0 Å². The highest BCUT2D eigenvalue weighted by Gasteiger charge is 2.24. The zero-order valence-corrected chi connectivity index (χ0v) is 19.7. The van der Waals surface area contributed by atoms with Crippen LogP contribution >= 0.6 is 11.9 Å². The predicted octanol–water partition coefficient (Wildman–Crippen LogP) is 7.45. The van der Waals surface area contributed by atoms with Crippen LogP contribution in [-0.2, 0) is 12.0 Å². The van der Waals surface area contributed by atoms with Crippen molar-refractivity contribution in [3.05, 3.63) is 54.4 Å². The Kier molecular flexibility index (Phi) is 6.43. The number of aromatic nitrogens is 2. The van der Waals surface area contributed by atoms with Gasteiger partial charge in [0.1, 0.15) is 5.82 Å². The van der Waals surface area contributed by atoms with Gasteiger partial charge in [-0.25, -0.2) is 4.98 Å². The summed E-state index contributed by atoms with van der Waals surface area (Å²) in [6, 6.07) is 17.3. The fourth-order valence-corrected chi connectivity index (χ4v) is 5.41. The van der Waals surface area contributed by atoms with Gasteiger partial charge in [0.25, 0.3) is 0 Å². The number of imidazole rings is 1. The number of nitrogens with zero attached hydrogens (tertiary/aromatic N) is 3. The second-order valence-electron chi connectivity index (χ2n) is 9.70. The lowest BCUT2D eigenvalue weighted by Crippen LogP contribution is -2.20. The maximum atomic E-state index is 5.12. The maximum Gasteiger partial charge on any atom is 0.115 e. The number of hydrogen-bond acceptors (Lipinski definition) is 3. The summed E-state index contributed by atoms with van der Waals surface area (Å²) in [5, 5.41) is 0. The van der Waals surface area contributed by atoms with Crippen LogP contribution in [0.25, 0.3) is 11.0 Å². The summed E-state index contributed by atoms with van der Waals surface area (Å²) >= 11 is 1.75. The lowest BCUT2D eigenvalue weighted by molar-refractivity contribution is 0.321. The van der Waals surface area contributed by atoms with Crippen LogP contribution < -0.4 is 4.31 Å². The molecule has 0 radical (unpaired) electrons. The molecule has 0 aliphatic heterocycles. The van der Waals surface area contributed by atoms with E-state index in [1.54, 1.807) is 11.9 Å². The topological polar surface area (TPSA) is 21.1 Å². The van der Waals surface area contributed by atoms with Crippen molar-refractivity contribution in [3.63, 3.8) is 0 Å². The molecule has 1 fully saturated rings. The second-order valence-corrected chi connectivity index (χ2v) is 10.9. The molecule has 3 aromatic rings. The Morgan fingerprint density at radius 3 is 2.47 bits per heavy atom. The summed E-state index contributed by atoms with van der Waals surface area (Å²) in [7, 11) is 2.13. The molecule has 0 amide bonds. The third kappa shape index (κ3) is 4.85. The van der Waals surface area contributed by atoms with E-state index in [1.165, 1.54) is 60.4 Å². The highest BCUT2D eigenvalue weighted by molar-refractivity contribution is 8.00. The van der Waals surface area contributed by atoms with Crippen LogP contribution in [0.5, 0.6) is 0 Å². The largest absolute Gasteiger partial charge is 0.328 e. The molecule has 1 aliphatic carbocycles.